The third-order valence-electron chi connectivity index (χ3n) is 4.44. The number of phenolic OH excluding ortho intramolecular Hbond substituents is 1. The second-order valence-electron chi connectivity index (χ2n) is 5.96. The molecule has 0 aliphatic carbocycles. The van der Waals surface area contributed by atoms with Crippen LogP contribution in [0.5, 0.6) is 11.5 Å². The van der Waals surface area contributed by atoms with E-state index >= 15 is 0 Å². The van der Waals surface area contributed by atoms with Gasteiger partial charge in [0.25, 0.3) is 0 Å². The van der Waals surface area contributed by atoms with Gasteiger partial charge in [0.05, 0.1) is 11.6 Å². The number of aromatic hydroxyl groups is 1. The zero-order valence-electron chi connectivity index (χ0n) is 13.5. The molecule has 0 spiro atoms. The summed E-state index contributed by atoms with van der Waals surface area (Å²) in [6, 6.07) is 14.3. The van der Waals surface area contributed by atoms with Crippen molar-refractivity contribution in [3.05, 3.63) is 58.1 Å². The van der Waals surface area contributed by atoms with E-state index in [-0.39, 0.29) is 24.2 Å². The highest BCUT2D eigenvalue weighted by molar-refractivity contribution is 9.10. The minimum absolute atomic E-state index is 0. The van der Waals surface area contributed by atoms with Crippen molar-refractivity contribution in [2.75, 3.05) is 20.2 Å². The van der Waals surface area contributed by atoms with Gasteiger partial charge in [-0.1, -0.05) is 36.4 Å². The molecule has 0 bridgehead atoms. The van der Waals surface area contributed by atoms with Crippen LogP contribution >= 0.6 is 28.3 Å². The molecule has 3 rings (SSSR count). The molecular weight excluding hydrogens is 392 g/mol. The van der Waals surface area contributed by atoms with Gasteiger partial charge in [0.2, 0.25) is 0 Å². The fraction of sp³-hybridized carbons (Fsp3) is 0.333. The van der Waals surface area contributed by atoms with Crippen LogP contribution < -0.4 is 10.5 Å². The predicted molar refractivity (Wildman–Crippen MR) is 102 cm³/mol. The van der Waals surface area contributed by atoms with Crippen molar-refractivity contribution in [2.45, 2.75) is 18.5 Å². The molecule has 0 unspecified atom stereocenters. The monoisotopic (exact) mass is 412 g/mol. The predicted octanol–water partition coefficient (Wildman–Crippen LogP) is 3.51. The zero-order valence-corrected chi connectivity index (χ0v) is 15.9. The third-order valence-corrected chi connectivity index (χ3v) is 5.33. The number of hydrogen-bond donors (Lipinski definition) is 2. The first-order chi connectivity index (χ1) is 11.1. The maximum atomic E-state index is 10.1. The Morgan fingerprint density at radius 1 is 1.21 bits per heavy atom. The van der Waals surface area contributed by atoms with Crippen LogP contribution in [-0.2, 0) is 6.54 Å². The lowest BCUT2D eigenvalue weighted by Crippen LogP contribution is -2.28. The number of benzene rings is 2. The Balaban J connectivity index is 0.00000208. The smallest absolute Gasteiger partial charge is 0.172 e. The fourth-order valence-electron chi connectivity index (χ4n) is 3.21. The van der Waals surface area contributed by atoms with Crippen LogP contribution in [0.2, 0.25) is 0 Å². The summed E-state index contributed by atoms with van der Waals surface area (Å²) in [7, 11) is 1.55. The van der Waals surface area contributed by atoms with Crippen LogP contribution in [0.3, 0.4) is 0 Å². The molecule has 1 heterocycles. The molecule has 4 nitrogen and oxygen atoms in total. The van der Waals surface area contributed by atoms with Crippen LogP contribution in [0.15, 0.2) is 46.9 Å². The van der Waals surface area contributed by atoms with E-state index in [0.717, 1.165) is 25.2 Å². The van der Waals surface area contributed by atoms with Gasteiger partial charge in [0, 0.05) is 31.6 Å². The van der Waals surface area contributed by atoms with E-state index in [9.17, 15) is 5.11 Å². The molecule has 0 saturated carbocycles. The molecule has 0 radical (unpaired) electrons. The van der Waals surface area contributed by atoms with Gasteiger partial charge >= 0.3 is 0 Å². The maximum Gasteiger partial charge on any atom is 0.172 e. The summed E-state index contributed by atoms with van der Waals surface area (Å²) < 4.78 is 5.82. The molecular formula is C18H22BrClN2O2. The zero-order chi connectivity index (χ0) is 16.4. The number of ether oxygens (including phenoxy) is 1. The number of nitrogens with two attached hydrogens (primary N) is 1. The van der Waals surface area contributed by atoms with E-state index in [1.54, 1.807) is 13.2 Å². The van der Waals surface area contributed by atoms with E-state index in [2.05, 4.69) is 45.1 Å². The Labute approximate surface area is 157 Å². The maximum absolute atomic E-state index is 10.1. The SMILES string of the molecule is COc1ccc(CN2C[C@@H](N)[C@H](c3ccccc3)C2)c(Br)c1O.Cl. The van der Waals surface area contributed by atoms with Gasteiger partial charge in [-0.15, -0.1) is 12.4 Å². The Hall–Kier alpha value is -1.27. The third kappa shape index (κ3) is 3.86. The van der Waals surface area contributed by atoms with Gasteiger partial charge in [0.1, 0.15) is 0 Å². The fourth-order valence-corrected chi connectivity index (χ4v) is 3.66. The number of rotatable bonds is 4. The number of methoxy groups -OCH3 is 1. The largest absolute Gasteiger partial charge is 0.503 e. The van der Waals surface area contributed by atoms with Crippen LogP contribution in [0.4, 0.5) is 0 Å². The van der Waals surface area contributed by atoms with E-state index < -0.39 is 0 Å². The minimum atomic E-state index is 0. The van der Waals surface area contributed by atoms with Crippen LogP contribution in [0.1, 0.15) is 17.0 Å². The van der Waals surface area contributed by atoms with Crippen molar-refractivity contribution in [3.8, 4) is 11.5 Å². The van der Waals surface area contributed by atoms with Gasteiger partial charge < -0.3 is 15.6 Å². The molecule has 0 amide bonds. The molecule has 1 saturated heterocycles. The summed E-state index contributed by atoms with van der Waals surface area (Å²) in [5, 5.41) is 10.1. The molecule has 3 N–H and O–H groups in total. The Bertz CT molecular complexity index is 684. The summed E-state index contributed by atoms with van der Waals surface area (Å²) in [4.78, 5) is 2.33. The van der Waals surface area contributed by atoms with Crippen LogP contribution in [0, 0.1) is 0 Å². The van der Waals surface area contributed by atoms with Gasteiger partial charge in [-0.3, -0.25) is 4.90 Å². The van der Waals surface area contributed by atoms with E-state index in [0.29, 0.717) is 16.1 Å². The summed E-state index contributed by atoms with van der Waals surface area (Å²) in [6.45, 7) is 2.51. The number of phenols is 1. The normalized spacial score (nSPS) is 20.6. The Morgan fingerprint density at radius 2 is 1.92 bits per heavy atom. The van der Waals surface area contributed by atoms with Crippen LogP contribution in [0.25, 0.3) is 0 Å². The average molecular weight is 414 g/mol. The van der Waals surface area contributed by atoms with E-state index in [1.165, 1.54) is 5.56 Å². The molecule has 2 atom stereocenters. The highest BCUT2D eigenvalue weighted by Gasteiger charge is 2.31. The van der Waals surface area contributed by atoms with Crippen molar-refractivity contribution in [2.24, 2.45) is 5.73 Å². The minimum Gasteiger partial charge on any atom is -0.503 e. The standard InChI is InChI=1S/C18H21BrN2O2.ClH/c1-23-16-8-7-13(17(19)18(16)22)9-21-10-14(15(20)11-21)12-5-3-2-4-6-12;/h2-8,14-15,22H,9-11,20H2,1H3;1H/t14-,15+;/m0./s1. The lowest BCUT2D eigenvalue weighted by Gasteiger charge is -2.18. The Kier molecular flexibility index (Phi) is 6.52. The van der Waals surface area contributed by atoms with E-state index in [1.807, 2.05) is 12.1 Å². The van der Waals surface area contributed by atoms with Gasteiger partial charge in [-0.05, 0) is 33.1 Å². The van der Waals surface area contributed by atoms with Crippen LogP contribution in [-0.4, -0.2) is 36.2 Å². The number of hydrogen-bond acceptors (Lipinski definition) is 4. The van der Waals surface area contributed by atoms with E-state index in [4.69, 9.17) is 10.5 Å². The molecule has 130 valence electrons. The lowest BCUT2D eigenvalue weighted by molar-refractivity contribution is 0.321. The quantitative estimate of drug-likeness (QED) is 0.805. The first-order valence-electron chi connectivity index (χ1n) is 7.67. The number of likely N-dealkylation sites (tertiary alicyclic amines) is 1. The number of nitrogens with zero attached hydrogens (tertiary/aromatic N) is 1. The molecule has 1 aliphatic heterocycles. The highest BCUT2D eigenvalue weighted by Crippen LogP contribution is 2.37. The van der Waals surface area contributed by atoms with Crippen molar-refractivity contribution in [1.29, 1.82) is 0 Å². The van der Waals surface area contributed by atoms with Crippen molar-refractivity contribution in [3.63, 3.8) is 0 Å². The summed E-state index contributed by atoms with van der Waals surface area (Å²) in [5.41, 5.74) is 8.67. The number of halogens is 2. The molecule has 1 fully saturated rings. The van der Waals surface area contributed by atoms with Gasteiger partial charge in [-0.25, -0.2) is 0 Å². The first-order valence-corrected chi connectivity index (χ1v) is 8.46. The topological polar surface area (TPSA) is 58.7 Å². The summed E-state index contributed by atoms with van der Waals surface area (Å²) in [5.74, 6) is 0.968. The second-order valence-corrected chi connectivity index (χ2v) is 6.76. The molecule has 6 heteroatoms. The molecule has 1 aliphatic rings. The molecule has 2 aromatic carbocycles. The van der Waals surface area contributed by atoms with Crippen molar-refractivity contribution >= 4 is 28.3 Å². The van der Waals surface area contributed by atoms with Crippen molar-refractivity contribution in [1.82, 2.24) is 4.90 Å². The summed E-state index contributed by atoms with van der Waals surface area (Å²) in [6.07, 6.45) is 0. The van der Waals surface area contributed by atoms with Gasteiger partial charge in [0.15, 0.2) is 11.5 Å². The highest BCUT2D eigenvalue weighted by atomic mass is 79.9. The lowest BCUT2D eigenvalue weighted by atomic mass is 9.95. The van der Waals surface area contributed by atoms with Gasteiger partial charge in [-0.2, -0.15) is 0 Å². The van der Waals surface area contributed by atoms with Crippen molar-refractivity contribution < 1.29 is 9.84 Å². The average Bonchev–Trinajstić information content (AvgIpc) is 2.93. The second kappa shape index (κ2) is 8.21. The molecule has 24 heavy (non-hydrogen) atoms. The molecule has 0 aromatic heterocycles. The summed E-state index contributed by atoms with van der Waals surface area (Å²) >= 11 is 3.47. The molecule has 2 aromatic rings. The first kappa shape index (κ1) is 19.1. The Morgan fingerprint density at radius 3 is 2.58 bits per heavy atom.